The minimum absolute atomic E-state index is 0.0694. The van der Waals surface area contributed by atoms with Gasteiger partial charge in [0.05, 0.1) is 5.69 Å². The summed E-state index contributed by atoms with van der Waals surface area (Å²) < 4.78 is 0.970. The maximum Gasteiger partial charge on any atom is 0.190 e. The lowest BCUT2D eigenvalue weighted by atomic mass is 9.82. The molecule has 0 atom stereocenters. The van der Waals surface area contributed by atoms with E-state index in [-0.39, 0.29) is 11.2 Å². The number of para-hydroxylation sites is 1. The van der Waals surface area contributed by atoms with E-state index >= 15 is 0 Å². The van der Waals surface area contributed by atoms with Crippen LogP contribution in [0.1, 0.15) is 48.2 Å². The Morgan fingerprint density at radius 2 is 1.33 bits per heavy atom. The summed E-state index contributed by atoms with van der Waals surface area (Å²) in [7, 11) is 0. The van der Waals surface area contributed by atoms with Crippen LogP contribution in [-0.4, -0.2) is 5.78 Å². The van der Waals surface area contributed by atoms with Gasteiger partial charge in [0.2, 0.25) is 0 Å². The standard InChI is InChI=1S/C40H32BrNO/c1-40(2)35-20-9-6-18-32(35)33-24-23-30(26-36(33)40)42(38-22-11-8-17-31(38)27-13-4-3-5-14-27)29-16-12-15-28(25-29)39(43)34-19-7-10-21-37(34)41/h3-18,20,22-26H,19,21H2,1-2H3. The first kappa shape index (κ1) is 27.4. The lowest BCUT2D eigenvalue weighted by molar-refractivity contribution is 0.103. The highest BCUT2D eigenvalue weighted by Crippen LogP contribution is 2.51. The lowest BCUT2D eigenvalue weighted by Gasteiger charge is -2.30. The Bertz CT molecular complexity index is 1930. The van der Waals surface area contributed by atoms with Crippen LogP contribution in [0.5, 0.6) is 0 Å². The molecule has 0 saturated heterocycles. The van der Waals surface area contributed by atoms with Gasteiger partial charge >= 0.3 is 0 Å². The molecule has 0 N–H and O–H groups in total. The van der Waals surface area contributed by atoms with Gasteiger partial charge in [-0.3, -0.25) is 4.79 Å². The van der Waals surface area contributed by atoms with Crippen LogP contribution in [0.3, 0.4) is 0 Å². The van der Waals surface area contributed by atoms with Crippen molar-refractivity contribution in [2.75, 3.05) is 4.90 Å². The van der Waals surface area contributed by atoms with Gasteiger partial charge in [-0.1, -0.05) is 133 Å². The Labute approximate surface area is 262 Å². The number of Topliss-reactive ketones (excluding diaryl/α,β-unsaturated/α-hetero) is 1. The molecule has 0 spiro atoms. The second-order valence-electron chi connectivity index (χ2n) is 11.8. The second-order valence-corrected chi connectivity index (χ2v) is 12.7. The third-order valence-electron chi connectivity index (χ3n) is 8.81. The lowest BCUT2D eigenvalue weighted by Crippen LogP contribution is -2.17. The molecular formula is C40H32BrNO. The van der Waals surface area contributed by atoms with E-state index in [1.807, 2.05) is 24.3 Å². The molecule has 0 bridgehead atoms. The predicted molar refractivity (Wildman–Crippen MR) is 183 cm³/mol. The second kappa shape index (κ2) is 11.0. The molecule has 5 aromatic carbocycles. The van der Waals surface area contributed by atoms with E-state index in [9.17, 15) is 4.79 Å². The fourth-order valence-corrected chi connectivity index (χ4v) is 7.12. The summed E-state index contributed by atoms with van der Waals surface area (Å²) in [5, 5.41) is 0. The summed E-state index contributed by atoms with van der Waals surface area (Å²) in [6.07, 6.45) is 5.58. The highest BCUT2D eigenvalue weighted by Gasteiger charge is 2.36. The Hall–Kier alpha value is -4.47. The monoisotopic (exact) mass is 621 g/mol. The van der Waals surface area contributed by atoms with Crippen LogP contribution in [0.15, 0.2) is 144 Å². The van der Waals surface area contributed by atoms with Crippen molar-refractivity contribution in [3.05, 3.63) is 160 Å². The molecule has 2 aliphatic rings. The van der Waals surface area contributed by atoms with Gasteiger partial charge < -0.3 is 4.90 Å². The van der Waals surface area contributed by atoms with Crippen molar-refractivity contribution in [3.63, 3.8) is 0 Å². The van der Waals surface area contributed by atoms with Gasteiger partial charge in [-0.2, -0.15) is 0 Å². The van der Waals surface area contributed by atoms with Crippen LogP contribution >= 0.6 is 15.9 Å². The van der Waals surface area contributed by atoms with Crippen molar-refractivity contribution in [1.82, 2.24) is 0 Å². The summed E-state index contributed by atoms with van der Waals surface area (Å²) in [5.41, 5.74) is 12.0. The van der Waals surface area contributed by atoms with Crippen molar-refractivity contribution in [2.45, 2.75) is 32.1 Å². The van der Waals surface area contributed by atoms with Crippen molar-refractivity contribution < 1.29 is 4.79 Å². The Balaban J connectivity index is 1.42. The van der Waals surface area contributed by atoms with E-state index in [1.165, 1.54) is 22.3 Å². The third kappa shape index (κ3) is 4.78. The highest BCUT2D eigenvalue weighted by molar-refractivity contribution is 9.11. The fourth-order valence-electron chi connectivity index (χ4n) is 6.59. The van der Waals surface area contributed by atoms with Crippen LogP contribution in [0.2, 0.25) is 0 Å². The molecular weight excluding hydrogens is 590 g/mol. The number of carbonyl (C=O) groups is 1. The zero-order chi connectivity index (χ0) is 29.6. The molecule has 0 unspecified atom stereocenters. The predicted octanol–water partition coefficient (Wildman–Crippen LogP) is 11.3. The molecule has 0 amide bonds. The van der Waals surface area contributed by atoms with Gasteiger partial charge in [0.25, 0.3) is 0 Å². The van der Waals surface area contributed by atoms with Gasteiger partial charge in [0, 0.05) is 38.0 Å². The molecule has 0 aromatic heterocycles. The van der Waals surface area contributed by atoms with Crippen molar-refractivity contribution in [3.8, 4) is 22.3 Å². The number of hydrogen-bond donors (Lipinski definition) is 0. The summed E-state index contributed by atoms with van der Waals surface area (Å²) in [6.45, 7) is 4.63. The van der Waals surface area contributed by atoms with Crippen LogP contribution < -0.4 is 4.90 Å². The van der Waals surface area contributed by atoms with Crippen molar-refractivity contribution in [2.24, 2.45) is 0 Å². The molecule has 43 heavy (non-hydrogen) atoms. The molecule has 0 heterocycles. The topological polar surface area (TPSA) is 20.3 Å². The van der Waals surface area contributed by atoms with E-state index in [4.69, 9.17) is 0 Å². The highest BCUT2D eigenvalue weighted by atomic mass is 79.9. The van der Waals surface area contributed by atoms with Gasteiger partial charge in [-0.25, -0.2) is 0 Å². The number of fused-ring (bicyclic) bond motifs is 3. The van der Waals surface area contributed by atoms with E-state index in [0.717, 1.165) is 44.7 Å². The maximum atomic E-state index is 13.8. The average Bonchev–Trinajstić information content (AvgIpc) is 3.28. The van der Waals surface area contributed by atoms with Crippen LogP contribution in [-0.2, 0) is 5.41 Å². The number of hydrogen-bond acceptors (Lipinski definition) is 2. The fraction of sp³-hybridized carbons (Fsp3) is 0.125. The minimum atomic E-state index is -0.127. The van der Waals surface area contributed by atoms with Gasteiger partial charge in [-0.05, 0) is 71.0 Å². The van der Waals surface area contributed by atoms with Crippen LogP contribution in [0.25, 0.3) is 22.3 Å². The number of allylic oxidation sites excluding steroid dienone is 4. The zero-order valence-electron chi connectivity index (χ0n) is 24.3. The summed E-state index contributed by atoms with van der Waals surface area (Å²) >= 11 is 3.66. The van der Waals surface area contributed by atoms with E-state index in [2.05, 4.69) is 144 Å². The minimum Gasteiger partial charge on any atom is -0.310 e. The molecule has 7 rings (SSSR count). The Morgan fingerprint density at radius 3 is 2.14 bits per heavy atom. The molecule has 3 heteroatoms. The molecule has 0 radical (unpaired) electrons. The number of ketones is 1. The first-order valence-corrected chi connectivity index (χ1v) is 15.6. The van der Waals surface area contributed by atoms with Gasteiger partial charge in [0.1, 0.15) is 0 Å². The van der Waals surface area contributed by atoms with Crippen LogP contribution in [0, 0.1) is 0 Å². The first-order valence-electron chi connectivity index (χ1n) is 14.8. The van der Waals surface area contributed by atoms with Crippen LogP contribution in [0.4, 0.5) is 17.1 Å². The van der Waals surface area contributed by atoms with Gasteiger partial charge in [0.15, 0.2) is 5.78 Å². The molecule has 210 valence electrons. The first-order chi connectivity index (χ1) is 20.9. The van der Waals surface area contributed by atoms with Gasteiger partial charge in [-0.15, -0.1) is 0 Å². The number of benzene rings is 5. The maximum absolute atomic E-state index is 13.8. The average molecular weight is 623 g/mol. The van der Waals surface area contributed by atoms with E-state index in [1.54, 1.807) is 0 Å². The summed E-state index contributed by atoms with van der Waals surface area (Å²) in [4.78, 5) is 16.1. The summed E-state index contributed by atoms with van der Waals surface area (Å²) in [5.74, 6) is 0.0694. The van der Waals surface area contributed by atoms with E-state index < -0.39 is 0 Å². The number of rotatable bonds is 6. The number of halogens is 1. The molecule has 5 aromatic rings. The Morgan fingerprint density at radius 1 is 0.651 bits per heavy atom. The molecule has 0 saturated carbocycles. The quantitative estimate of drug-likeness (QED) is 0.139. The SMILES string of the molecule is CC1(C)c2ccccc2-c2ccc(N(c3cccc(C(=O)C4=C(Br)CC=CC4)c3)c3ccccc3-c3ccccc3)cc21. The number of nitrogens with zero attached hydrogens (tertiary/aromatic N) is 1. The smallest absolute Gasteiger partial charge is 0.190 e. The number of carbonyl (C=O) groups excluding carboxylic acids is 1. The van der Waals surface area contributed by atoms with E-state index in [0.29, 0.717) is 12.0 Å². The molecule has 0 fully saturated rings. The molecule has 2 aliphatic carbocycles. The third-order valence-corrected chi connectivity index (χ3v) is 9.61. The zero-order valence-corrected chi connectivity index (χ0v) is 25.9. The summed E-state index contributed by atoms with van der Waals surface area (Å²) in [6, 6.07) is 42.7. The number of anilines is 3. The van der Waals surface area contributed by atoms with Crippen molar-refractivity contribution >= 4 is 38.8 Å². The molecule has 2 nitrogen and oxygen atoms in total. The largest absolute Gasteiger partial charge is 0.310 e. The Kier molecular flexibility index (Phi) is 6.99. The molecule has 0 aliphatic heterocycles. The van der Waals surface area contributed by atoms with Crippen molar-refractivity contribution in [1.29, 1.82) is 0 Å². The normalized spacial score (nSPS) is 14.8.